The Balaban J connectivity index is 2.98. The Morgan fingerprint density at radius 2 is 1.42 bits per heavy atom. The number of phenolic OH excluding ortho intramolecular Hbond substituents is 1. The topological polar surface area (TPSA) is 208 Å². The largest absolute Gasteiger partial charge is 0.508 e. The smallest absolute Gasteiger partial charge is 0.326 e. The van der Waals surface area contributed by atoms with E-state index in [2.05, 4.69) is 16.0 Å². The molecule has 1 aromatic rings. The Morgan fingerprint density at radius 3 is 1.91 bits per heavy atom. The van der Waals surface area contributed by atoms with Crippen LogP contribution in [0.15, 0.2) is 24.3 Å². The first-order valence-corrected chi connectivity index (χ1v) is 10.3. The standard InChI is InChI=1S/C21H30N4O8/c1-11(2)7-14(23-17(27)10-22)19(30)24-15(9-18(28)29)20(31)25-16(21(32)33)8-12-3-5-13(26)6-4-12/h3-6,11,14-16,26H,7-10,22H2,1-2H3,(H,23,27)(H,24,30)(H,25,31)(H,28,29)(H,32,33). The number of amides is 3. The Morgan fingerprint density at radius 1 is 0.879 bits per heavy atom. The molecule has 8 N–H and O–H groups in total. The highest BCUT2D eigenvalue weighted by atomic mass is 16.4. The summed E-state index contributed by atoms with van der Waals surface area (Å²) >= 11 is 0. The zero-order valence-electron chi connectivity index (χ0n) is 18.4. The molecule has 0 radical (unpaired) electrons. The maximum absolute atomic E-state index is 12.7. The second-order valence-electron chi connectivity index (χ2n) is 7.88. The Hall–Kier alpha value is -3.67. The normalized spacial score (nSPS) is 13.5. The number of phenols is 1. The minimum absolute atomic E-state index is 0.0171. The summed E-state index contributed by atoms with van der Waals surface area (Å²) < 4.78 is 0. The minimum Gasteiger partial charge on any atom is -0.508 e. The van der Waals surface area contributed by atoms with Crippen LogP contribution in [0.2, 0.25) is 0 Å². The monoisotopic (exact) mass is 466 g/mol. The van der Waals surface area contributed by atoms with E-state index in [9.17, 15) is 34.2 Å². The number of nitrogens with one attached hydrogen (secondary N) is 3. The molecule has 0 saturated heterocycles. The number of rotatable bonds is 13. The predicted octanol–water partition coefficient (Wildman–Crippen LogP) is -1.05. The molecule has 3 atom stereocenters. The molecule has 0 bridgehead atoms. The van der Waals surface area contributed by atoms with Gasteiger partial charge in [0.25, 0.3) is 0 Å². The third kappa shape index (κ3) is 9.99. The van der Waals surface area contributed by atoms with Gasteiger partial charge in [0.05, 0.1) is 13.0 Å². The van der Waals surface area contributed by atoms with Crippen molar-refractivity contribution in [3.05, 3.63) is 29.8 Å². The Bertz CT molecular complexity index is 856. The van der Waals surface area contributed by atoms with E-state index in [0.29, 0.717) is 5.56 Å². The lowest BCUT2D eigenvalue weighted by Gasteiger charge is -2.24. The number of carbonyl (C=O) groups excluding carboxylic acids is 3. The predicted molar refractivity (Wildman–Crippen MR) is 116 cm³/mol. The molecule has 0 spiro atoms. The molecule has 0 heterocycles. The molecule has 3 amide bonds. The average Bonchev–Trinajstić information content (AvgIpc) is 2.72. The van der Waals surface area contributed by atoms with Crippen molar-refractivity contribution in [2.75, 3.05) is 6.54 Å². The van der Waals surface area contributed by atoms with Crippen LogP contribution in [0.5, 0.6) is 5.75 Å². The van der Waals surface area contributed by atoms with Crippen molar-refractivity contribution >= 4 is 29.7 Å². The van der Waals surface area contributed by atoms with Crippen LogP contribution in [0.3, 0.4) is 0 Å². The molecule has 0 aromatic heterocycles. The van der Waals surface area contributed by atoms with Crippen LogP contribution < -0.4 is 21.7 Å². The van der Waals surface area contributed by atoms with E-state index in [-0.39, 0.29) is 31.1 Å². The summed E-state index contributed by atoms with van der Waals surface area (Å²) in [6.45, 7) is 3.24. The third-order valence-corrected chi connectivity index (χ3v) is 4.55. The van der Waals surface area contributed by atoms with E-state index < -0.39 is 54.2 Å². The van der Waals surface area contributed by atoms with E-state index in [4.69, 9.17) is 10.8 Å². The number of aromatic hydroxyl groups is 1. The van der Waals surface area contributed by atoms with Crippen LogP contribution in [0.1, 0.15) is 32.3 Å². The fourth-order valence-corrected chi connectivity index (χ4v) is 2.95. The number of benzene rings is 1. The van der Waals surface area contributed by atoms with E-state index in [1.165, 1.54) is 24.3 Å². The summed E-state index contributed by atoms with van der Waals surface area (Å²) in [5.41, 5.74) is 5.77. The third-order valence-electron chi connectivity index (χ3n) is 4.55. The van der Waals surface area contributed by atoms with E-state index in [1.54, 1.807) is 13.8 Å². The van der Waals surface area contributed by atoms with Crippen LogP contribution in [0, 0.1) is 5.92 Å². The summed E-state index contributed by atoms with van der Waals surface area (Å²) in [5.74, 6) is -5.21. The first-order valence-electron chi connectivity index (χ1n) is 10.3. The van der Waals surface area contributed by atoms with Crippen LogP contribution >= 0.6 is 0 Å². The SMILES string of the molecule is CC(C)CC(NC(=O)CN)C(=O)NC(CC(=O)O)C(=O)NC(Cc1ccc(O)cc1)C(=O)O. The van der Waals surface area contributed by atoms with Gasteiger partial charge in [-0.15, -0.1) is 0 Å². The van der Waals surface area contributed by atoms with Gasteiger partial charge in [-0.2, -0.15) is 0 Å². The first kappa shape index (κ1) is 27.4. The number of carboxylic acids is 2. The molecule has 33 heavy (non-hydrogen) atoms. The molecule has 0 aliphatic carbocycles. The lowest BCUT2D eigenvalue weighted by atomic mass is 10.0. The molecular weight excluding hydrogens is 436 g/mol. The van der Waals surface area contributed by atoms with Crippen LogP contribution in [-0.2, 0) is 30.4 Å². The summed E-state index contributed by atoms with van der Waals surface area (Å²) in [5, 5.41) is 34.9. The molecule has 0 saturated carbocycles. The lowest BCUT2D eigenvalue weighted by molar-refractivity contribution is -0.143. The number of carboxylic acid groups (broad SMARTS) is 2. The van der Waals surface area contributed by atoms with E-state index >= 15 is 0 Å². The van der Waals surface area contributed by atoms with E-state index in [1.807, 2.05) is 0 Å². The number of nitrogens with two attached hydrogens (primary N) is 1. The van der Waals surface area contributed by atoms with E-state index in [0.717, 1.165) is 0 Å². The van der Waals surface area contributed by atoms with Gasteiger partial charge in [0.1, 0.15) is 23.9 Å². The van der Waals surface area contributed by atoms with Gasteiger partial charge in [0.2, 0.25) is 17.7 Å². The van der Waals surface area contributed by atoms with Gasteiger partial charge in [-0.25, -0.2) is 4.79 Å². The summed E-state index contributed by atoms with van der Waals surface area (Å²) in [6.07, 6.45) is -0.739. The highest BCUT2D eigenvalue weighted by molar-refractivity contribution is 5.95. The number of hydrogen-bond acceptors (Lipinski definition) is 7. The van der Waals surface area contributed by atoms with Crippen molar-refractivity contribution in [2.24, 2.45) is 11.7 Å². The zero-order valence-corrected chi connectivity index (χ0v) is 18.4. The summed E-state index contributed by atoms with van der Waals surface area (Å²) in [6, 6.07) is 1.61. The highest BCUT2D eigenvalue weighted by Crippen LogP contribution is 2.12. The Kier molecular flexibility index (Phi) is 10.8. The second kappa shape index (κ2) is 13.0. The molecule has 12 nitrogen and oxygen atoms in total. The van der Waals surface area contributed by atoms with Gasteiger partial charge in [-0.1, -0.05) is 26.0 Å². The van der Waals surface area contributed by atoms with Crippen molar-refractivity contribution in [3.8, 4) is 5.75 Å². The van der Waals surface area contributed by atoms with Gasteiger partial charge in [0.15, 0.2) is 0 Å². The van der Waals surface area contributed by atoms with Crippen molar-refractivity contribution in [1.82, 2.24) is 16.0 Å². The van der Waals surface area contributed by atoms with Crippen molar-refractivity contribution < 1.29 is 39.3 Å². The van der Waals surface area contributed by atoms with Gasteiger partial charge in [0, 0.05) is 6.42 Å². The van der Waals surface area contributed by atoms with Crippen molar-refractivity contribution in [3.63, 3.8) is 0 Å². The maximum Gasteiger partial charge on any atom is 0.326 e. The fourth-order valence-electron chi connectivity index (χ4n) is 2.95. The zero-order chi connectivity index (χ0) is 25.1. The van der Waals surface area contributed by atoms with Gasteiger partial charge >= 0.3 is 11.9 Å². The first-order chi connectivity index (χ1) is 15.4. The quantitative estimate of drug-likeness (QED) is 0.189. The molecule has 1 rings (SSSR count). The molecule has 0 aliphatic heterocycles. The summed E-state index contributed by atoms with van der Waals surface area (Å²) in [4.78, 5) is 59.9. The average molecular weight is 466 g/mol. The molecule has 0 aliphatic rings. The highest BCUT2D eigenvalue weighted by Gasteiger charge is 2.31. The van der Waals surface area contributed by atoms with Gasteiger partial charge in [-0.3, -0.25) is 19.2 Å². The van der Waals surface area contributed by atoms with Gasteiger partial charge < -0.3 is 37.0 Å². The van der Waals surface area contributed by atoms with Crippen LogP contribution in [0.25, 0.3) is 0 Å². The van der Waals surface area contributed by atoms with Crippen molar-refractivity contribution in [2.45, 2.75) is 51.2 Å². The molecule has 12 heteroatoms. The van der Waals surface area contributed by atoms with Gasteiger partial charge in [-0.05, 0) is 30.0 Å². The molecule has 3 unspecified atom stereocenters. The maximum atomic E-state index is 12.7. The van der Waals surface area contributed by atoms with Crippen molar-refractivity contribution in [1.29, 1.82) is 0 Å². The minimum atomic E-state index is -1.58. The molecule has 0 fully saturated rings. The molecular formula is C21H30N4O8. The molecule has 182 valence electrons. The second-order valence-corrected chi connectivity index (χ2v) is 7.88. The van der Waals surface area contributed by atoms with Crippen LogP contribution in [-0.4, -0.2) is 69.7 Å². The Labute approximate surface area is 190 Å². The number of hydrogen-bond donors (Lipinski definition) is 7. The summed E-state index contributed by atoms with van der Waals surface area (Å²) in [7, 11) is 0. The number of aliphatic carboxylic acids is 2. The molecule has 1 aromatic carbocycles. The lowest BCUT2D eigenvalue weighted by Crippen LogP contribution is -2.57. The van der Waals surface area contributed by atoms with Crippen LogP contribution in [0.4, 0.5) is 0 Å². The number of carbonyl (C=O) groups is 5. The fraction of sp³-hybridized carbons (Fsp3) is 0.476.